The van der Waals surface area contributed by atoms with Crippen molar-refractivity contribution in [1.29, 1.82) is 0 Å². The first-order valence-corrected chi connectivity index (χ1v) is 10.3. The summed E-state index contributed by atoms with van der Waals surface area (Å²) in [7, 11) is -0.00601. The Balaban J connectivity index is 1.70. The first kappa shape index (κ1) is 17.7. The van der Waals surface area contributed by atoms with Crippen LogP contribution in [0.25, 0.3) is 0 Å². The van der Waals surface area contributed by atoms with Gasteiger partial charge in [-0.3, -0.25) is 0 Å². The zero-order valence-electron chi connectivity index (χ0n) is 16.6. The topological polar surface area (TPSA) is 12.5 Å². The van der Waals surface area contributed by atoms with E-state index in [0.29, 0.717) is 6.04 Å². The molecule has 3 aromatic carbocycles. The van der Waals surface area contributed by atoms with Crippen LogP contribution in [0.3, 0.4) is 0 Å². The summed E-state index contributed by atoms with van der Waals surface area (Å²) in [6.45, 7) is 5.45. The highest BCUT2D eigenvalue weighted by atomic mass is 16.5. The van der Waals surface area contributed by atoms with Crippen LogP contribution in [0.15, 0.2) is 78.9 Å². The quantitative estimate of drug-likeness (QED) is 0.635. The zero-order valence-corrected chi connectivity index (χ0v) is 16.6. The van der Waals surface area contributed by atoms with Gasteiger partial charge in [0, 0.05) is 6.04 Å². The van der Waals surface area contributed by atoms with Crippen molar-refractivity contribution in [3.63, 3.8) is 0 Å². The Labute approximate surface area is 168 Å². The number of nitrogens with zero attached hydrogens (tertiary/aromatic N) is 1. The molecule has 0 radical (unpaired) electrons. The summed E-state index contributed by atoms with van der Waals surface area (Å²) >= 11 is 0. The molecule has 3 aromatic rings. The van der Waals surface area contributed by atoms with E-state index in [1.807, 2.05) is 0 Å². The maximum Gasteiger partial charge on any atom is 0.420 e. The number of hydrogen-bond donors (Lipinski definition) is 0. The number of hydrogen-bond acceptors (Lipinski definition) is 2. The van der Waals surface area contributed by atoms with Gasteiger partial charge >= 0.3 is 7.05 Å². The maximum atomic E-state index is 7.12. The Hall–Kier alpha value is -2.36. The van der Waals surface area contributed by atoms with Crippen molar-refractivity contribution in [1.82, 2.24) is 4.81 Å². The first-order valence-electron chi connectivity index (χ1n) is 10.3. The fourth-order valence-electron chi connectivity index (χ4n) is 5.23. The van der Waals surface area contributed by atoms with Crippen LogP contribution < -0.4 is 5.46 Å². The van der Waals surface area contributed by atoms with Crippen LogP contribution in [-0.4, -0.2) is 24.4 Å². The van der Waals surface area contributed by atoms with Gasteiger partial charge in [-0.25, -0.2) is 0 Å². The van der Waals surface area contributed by atoms with Crippen LogP contribution in [0, 0.1) is 13.8 Å². The molecule has 2 aliphatic heterocycles. The fraction of sp³-hybridized carbons (Fsp3) is 0.280. The molecule has 2 aliphatic rings. The highest BCUT2D eigenvalue weighted by Crippen LogP contribution is 2.48. The van der Waals surface area contributed by atoms with Crippen molar-refractivity contribution in [2.24, 2.45) is 0 Å². The van der Waals surface area contributed by atoms with Crippen molar-refractivity contribution < 1.29 is 4.65 Å². The summed E-state index contributed by atoms with van der Waals surface area (Å²) in [5, 5.41) is 0. The van der Waals surface area contributed by atoms with Crippen molar-refractivity contribution in [2.45, 2.75) is 38.3 Å². The van der Waals surface area contributed by atoms with Crippen LogP contribution in [0.5, 0.6) is 0 Å². The second-order valence-electron chi connectivity index (χ2n) is 8.19. The minimum atomic E-state index is -0.430. The van der Waals surface area contributed by atoms with Gasteiger partial charge in [0.05, 0.1) is 0 Å². The smallest absolute Gasteiger partial charge is 0.402 e. The summed E-state index contributed by atoms with van der Waals surface area (Å²) in [6, 6.07) is 28.7. The average molecular weight is 367 g/mol. The van der Waals surface area contributed by atoms with Crippen molar-refractivity contribution in [3.05, 3.63) is 101 Å². The molecule has 0 amide bonds. The average Bonchev–Trinajstić information content (AvgIpc) is 3.32. The van der Waals surface area contributed by atoms with E-state index in [1.54, 1.807) is 0 Å². The van der Waals surface area contributed by atoms with E-state index in [9.17, 15) is 0 Å². The summed E-state index contributed by atoms with van der Waals surface area (Å²) in [4.78, 5) is 2.59. The Morgan fingerprint density at radius 3 is 2.14 bits per heavy atom. The van der Waals surface area contributed by atoms with E-state index < -0.39 is 5.60 Å². The highest BCUT2D eigenvalue weighted by molar-refractivity contribution is 6.66. The van der Waals surface area contributed by atoms with Gasteiger partial charge in [-0.05, 0) is 49.8 Å². The van der Waals surface area contributed by atoms with Gasteiger partial charge in [-0.2, -0.15) is 0 Å². The molecular formula is C25H26BNO. The lowest BCUT2D eigenvalue weighted by molar-refractivity contribution is 0.106. The van der Waals surface area contributed by atoms with Gasteiger partial charge in [0.15, 0.2) is 0 Å². The first-order chi connectivity index (χ1) is 13.7. The molecule has 140 valence electrons. The maximum absolute atomic E-state index is 7.12. The second kappa shape index (κ2) is 6.91. The summed E-state index contributed by atoms with van der Waals surface area (Å²) < 4.78 is 7.12. The predicted octanol–water partition coefficient (Wildman–Crippen LogP) is 4.44. The molecule has 0 aromatic heterocycles. The van der Waals surface area contributed by atoms with Crippen LogP contribution in [0.1, 0.15) is 35.1 Å². The van der Waals surface area contributed by atoms with Crippen molar-refractivity contribution in [2.75, 3.05) is 6.54 Å². The van der Waals surface area contributed by atoms with Gasteiger partial charge in [0.25, 0.3) is 0 Å². The summed E-state index contributed by atoms with van der Waals surface area (Å²) in [5.74, 6) is 0. The Morgan fingerprint density at radius 1 is 0.893 bits per heavy atom. The molecule has 2 saturated heterocycles. The fourth-order valence-corrected chi connectivity index (χ4v) is 5.23. The Morgan fingerprint density at radius 2 is 1.54 bits per heavy atom. The van der Waals surface area contributed by atoms with Crippen LogP contribution in [0.4, 0.5) is 0 Å². The van der Waals surface area contributed by atoms with Gasteiger partial charge < -0.3 is 9.47 Å². The minimum absolute atomic E-state index is 0.00601. The molecule has 0 bridgehead atoms. The van der Waals surface area contributed by atoms with Gasteiger partial charge in [0.2, 0.25) is 0 Å². The Kier molecular flexibility index (Phi) is 4.38. The number of fused-ring (bicyclic) bond motifs is 1. The third kappa shape index (κ3) is 2.65. The summed E-state index contributed by atoms with van der Waals surface area (Å²) in [5.41, 5.74) is 5.99. The van der Waals surface area contributed by atoms with E-state index in [0.717, 1.165) is 13.0 Å². The van der Waals surface area contributed by atoms with Crippen molar-refractivity contribution in [3.8, 4) is 0 Å². The highest BCUT2D eigenvalue weighted by Gasteiger charge is 2.59. The molecule has 2 fully saturated rings. The lowest BCUT2D eigenvalue weighted by atomic mass is 9.69. The standard InChI is InChI=1S/C25H26BNO/c1-19-15-16-23(20(2)18-19)26-27-17-9-14-24(27)25(28-26,21-10-5-3-6-11-21)22-12-7-4-8-13-22/h3-8,10-13,15-16,18,24H,9,14,17H2,1-2H3/t24-/m0/s1. The molecule has 5 rings (SSSR count). The van der Waals surface area contributed by atoms with Crippen LogP contribution >= 0.6 is 0 Å². The van der Waals surface area contributed by atoms with Gasteiger partial charge in [0.1, 0.15) is 5.60 Å². The molecule has 0 unspecified atom stereocenters. The predicted molar refractivity (Wildman–Crippen MR) is 116 cm³/mol. The van der Waals surface area contributed by atoms with Gasteiger partial charge in [-0.1, -0.05) is 90.0 Å². The van der Waals surface area contributed by atoms with E-state index >= 15 is 0 Å². The molecule has 0 saturated carbocycles. The lowest BCUT2D eigenvalue weighted by Gasteiger charge is -2.36. The molecule has 3 heteroatoms. The van der Waals surface area contributed by atoms with E-state index in [1.165, 1.54) is 34.1 Å². The normalized spacial score (nSPS) is 21.1. The van der Waals surface area contributed by atoms with Crippen molar-refractivity contribution >= 4 is 12.5 Å². The van der Waals surface area contributed by atoms with E-state index in [4.69, 9.17) is 4.65 Å². The Bertz CT molecular complexity index is 933. The lowest BCUT2D eigenvalue weighted by Crippen LogP contribution is -2.46. The number of benzene rings is 3. The number of rotatable bonds is 3. The van der Waals surface area contributed by atoms with E-state index in [2.05, 4.69) is 97.5 Å². The molecule has 2 heterocycles. The molecular weight excluding hydrogens is 341 g/mol. The molecule has 0 N–H and O–H groups in total. The largest absolute Gasteiger partial charge is 0.420 e. The SMILES string of the molecule is Cc1ccc(B2OC(c3ccccc3)(c3ccccc3)[C@@H]3CCCN23)c(C)c1. The van der Waals surface area contributed by atoms with Gasteiger partial charge in [-0.15, -0.1) is 0 Å². The summed E-state index contributed by atoms with van der Waals surface area (Å²) in [6.07, 6.45) is 2.38. The minimum Gasteiger partial charge on any atom is -0.402 e. The molecule has 0 spiro atoms. The van der Waals surface area contributed by atoms with Crippen LogP contribution in [0.2, 0.25) is 0 Å². The van der Waals surface area contributed by atoms with E-state index in [-0.39, 0.29) is 7.05 Å². The van der Waals surface area contributed by atoms with Crippen LogP contribution in [-0.2, 0) is 10.3 Å². The third-order valence-electron chi connectivity index (χ3n) is 6.46. The molecule has 1 atom stereocenters. The zero-order chi connectivity index (χ0) is 19.1. The molecule has 0 aliphatic carbocycles. The number of aryl methyl sites for hydroxylation is 2. The molecule has 2 nitrogen and oxygen atoms in total. The second-order valence-corrected chi connectivity index (χ2v) is 8.19. The monoisotopic (exact) mass is 367 g/mol. The molecule has 28 heavy (non-hydrogen) atoms. The third-order valence-corrected chi connectivity index (χ3v) is 6.46.